The first-order valence-corrected chi connectivity index (χ1v) is 14.2. The number of amides is 2. The van der Waals surface area contributed by atoms with Crippen molar-refractivity contribution in [3.8, 4) is 11.5 Å². The number of sulfonamides is 1. The van der Waals surface area contributed by atoms with E-state index in [4.69, 9.17) is 9.47 Å². The Kier molecular flexibility index (Phi) is 6.89. The summed E-state index contributed by atoms with van der Waals surface area (Å²) in [6, 6.07) is 10.3. The van der Waals surface area contributed by atoms with Gasteiger partial charge in [-0.15, -0.1) is 0 Å². The number of nitrogens with one attached hydrogen (secondary N) is 1. The number of carbonyl (C=O) groups is 2. The number of fused-ring (bicyclic) bond motifs is 1. The molecule has 2 heterocycles. The Morgan fingerprint density at radius 1 is 0.946 bits per heavy atom. The molecule has 5 rings (SSSR count). The minimum atomic E-state index is -3.70. The van der Waals surface area contributed by atoms with Gasteiger partial charge >= 0.3 is 0 Å². The molecule has 1 atom stereocenters. The molecule has 2 aromatic carbocycles. The van der Waals surface area contributed by atoms with Crippen LogP contribution in [0.15, 0.2) is 41.3 Å². The van der Waals surface area contributed by atoms with Crippen LogP contribution >= 0.6 is 0 Å². The molecule has 1 saturated carbocycles. The monoisotopic (exact) mass is 527 g/mol. The molecule has 10 heteroatoms. The molecule has 1 aliphatic carbocycles. The van der Waals surface area contributed by atoms with Gasteiger partial charge in [0.2, 0.25) is 21.8 Å². The third-order valence-electron chi connectivity index (χ3n) is 7.56. The zero-order chi connectivity index (χ0) is 26.3. The molecular weight excluding hydrogens is 494 g/mol. The summed E-state index contributed by atoms with van der Waals surface area (Å²) in [4.78, 5) is 27.7. The molecule has 2 amide bonds. The van der Waals surface area contributed by atoms with E-state index in [9.17, 15) is 18.0 Å². The third-order valence-corrected chi connectivity index (χ3v) is 9.45. The maximum Gasteiger partial charge on any atom is 0.243 e. The van der Waals surface area contributed by atoms with Crippen molar-refractivity contribution in [2.45, 2.75) is 50.0 Å². The van der Waals surface area contributed by atoms with Crippen molar-refractivity contribution >= 4 is 33.2 Å². The SMILES string of the molecule is COc1ccc(NC(=O)C2CCN(S(=O)(=O)c3ccc4c(c3)C[C@@H](C)N4C(=O)C3CC3)CC2)c(OC)c1. The van der Waals surface area contributed by atoms with Gasteiger partial charge in [0.1, 0.15) is 11.5 Å². The number of carbonyl (C=O) groups excluding carboxylic acids is 2. The van der Waals surface area contributed by atoms with Crippen molar-refractivity contribution < 1.29 is 27.5 Å². The molecule has 1 N–H and O–H groups in total. The molecular formula is C27H33N3O6S. The molecule has 0 radical (unpaired) electrons. The second kappa shape index (κ2) is 9.98. The van der Waals surface area contributed by atoms with Gasteiger partial charge in [-0.1, -0.05) is 0 Å². The standard InChI is InChI=1S/C27H33N3O6S/c1-17-14-20-15-22(7-9-24(20)30(17)27(32)19-4-5-19)37(33,34)29-12-10-18(11-13-29)26(31)28-23-8-6-21(35-2)16-25(23)36-3/h6-9,15-19H,4-5,10-14H2,1-3H3,(H,28,31)/t17-/m1/s1. The topological polar surface area (TPSA) is 105 Å². The van der Waals surface area contributed by atoms with Crippen LogP contribution in [-0.4, -0.2) is 57.9 Å². The van der Waals surface area contributed by atoms with E-state index in [1.807, 2.05) is 11.8 Å². The van der Waals surface area contributed by atoms with E-state index in [2.05, 4.69) is 5.32 Å². The van der Waals surface area contributed by atoms with E-state index in [0.717, 1.165) is 24.1 Å². The molecule has 0 unspecified atom stereocenters. The van der Waals surface area contributed by atoms with E-state index in [0.29, 0.717) is 36.4 Å². The first kappa shape index (κ1) is 25.5. The number of nitrogens with zero attached hydrogens (tertiary/aromatic N) is 2. The van der Waals surface area contributed by atoms with Crippen LogP contribution in [0.3, 0.4) is 0 Å². The molecule has 0 bridgehead atoms. The van der Waals surface area contributed by atoms with Gasteiger partial charge in [-0.25, -0.2) is 8.42 Å². The maximum absolute atomic E-state index is 13.4. The Labute approximate surface area is 217 Å². The molecule has 0 aromatic heterocycles. The number of ether oxygens (including phenoxy) is 2. The van der Waals surface area contributed by atoms with Crippen molar-refractivity contribution in [2.24, 2.45) is 11.8 Å². The molecule has 2 aliphatic heterocycles. The van der Waals surface area contributed by atoms with Crippen LogP contribution in [0.4, 0.5) is 11.4 Å². The highest BCUT2D eigenvalue weighted by atomic mass is 32.2. The highest BCUT2D eigenvalue weighted by Gasteiger charge is 2.40. The number of piperidine rings is 1. The summed E-state index contributed by atoms with van der Waals surface area (Å²) in [6.45, 7) is 2.53. The van der Waals surface area contributed by atoms with Crippen molar-refractivity contribution in [1.82, 2.24) is 4.31 Å². The van der Waals surface area contributed by atoms with Crippen LogP contribution in [0.2, 0.25) is 0 Å². The largest absolute Gasteiger partial charge is 0.497 e. The minimum Gasteiger partial charge on any atom is -0.497 e. The molecule has 37 heavy (non-hydrogen) atoms. The summed E-state index contributed by atoms with van der Waals surface area (Å²) >= 11 is 0. The predicted molar refractivity (Wildman–Crippen MR) is 139 cm³/mol. The lowest BCUT2D eigenvalue weighted by atomic mass is 9.97. The van der Waals surface area contributed by atoms with Gasteiger partial charge in [0, 0.05) is 42.7 Å². The van der Waals surface area contributed by atoms with Gasteiger partial charge in [-0.05, 0) is 74.9 Å². The minimum absolute atomic E-state index is 0.0274. The quantitative estimate of drug-likeness (QED) is 0.592. The van der Waals surface area contributed by atoms with E-state index < -0.39 is 10.0 Å². The van der Waals surface area contributed by atoms with Crippen LogP contribution < -0.4 is 19.7 Å². The smallest absolute Gasteiger partial charge is 0.243 e. The zero-order valence-electron chi connectivity index (χ0n) is 21.4. The van der Waals surface area contributed by atoms with Crippen molar-refractivity contribution in [3.63, 3.8) is 0 Å². The lowest BCUT2D eigenvalue weighted by molar-refractivity contribution is -0.121. The van der Waals surface area contributed by atoms with Gasteiger partial charge in [-0.2, -0.15) is 4.31 Å². The molecule has 9 nitrogen and oxygen atoms in total. The van der Waals surface area contributed by atoms with Crippen LogP contribution in [0.25, 0.3) is 0 Å². The van der Waals surface area contributed by atoms with Crippen LogP contribution in [0, 0.1) is 11.8 Å². The van der Waals surface area contributed by atoms with Crippen LogP contribution in [0.1, 0.15) is 38.2 Å². The number of methoxy groups -OCH3 is 2. The fourth-order valence-electron chi connectivity index (χ4n) is 5.27. The van der Waals surface area contributed by atoms with Crippen molar-refractivity contribution in [2.75, 3.05) is 37.5 Å². The summed E-state index contributed by atoms with van der Waals surface area (Å²) in [5.41, 5.74) is 2.27. The predicted octanol–water partition coefficient (Wildman–Crippen LogP) is 3.43. The highest BCUT2D eigenvalue weighted by molar-refractivity contribution is 7.89. The lowest BCUT2D eigenvalue weighted by Crippen LogP contribution is -2.41. The first-order chi connectivity index (χ1) is 17.7. The molecule has 1 saturated heterocycles. The number of hydrogen-bond donors (Lipinski definition) is 1. The second-order valence-electron chi connectivity index (χ2n) is 10.1. The highest BCUT2D eigenvalue weighted by Crippen LogP contribution is 2.40. The summed E-state index contributed by atoms with van der Waals surface area (Å²) in [5, 5.41) is 2.91. The van der Waals surface area contributed by atoms with Gasteiger partial charge in [0.15, 0.2) is 0 Å². The molecule has 0 spiro atoms. The average Bonchev–Trinajstić information content (AvgIpc) is 3.70. The fraction of sp³-hybridized carbons (Fsp3) is 0.481. The second-order valence-corrected chi connectivity index (χ2v) is 12.0. The summed E-state index contributed by atoms with van der Waals surface area (Å²) in [6.07, 6.45) is 3.37. The first-order valence-electron chi connectivity index (χ1n) is 12.7. The Bertz CT molecular complexity index is 1320. The van der Waals surface area contributed by atoms with E-state index in [1.54, 1.807) is 43.5 Å². The van der Waals surface area contributed by atoms with Gasteiger partial charge in [0.05, 0.1) is 24.8 Å². The molecule has 2 aromatic rings. The van der Waals surface area contributed by atoms with E-state index in [-0.39, 0.29) is 47.7 Å². The van der Waals surface area contributed by atoms with Crippen molar-refractivity contribution in [3.05, 3.63) is 42.0 Å². The van der Waals surface area contributed by atoms with Crippen LogP contribution in [0.5, 0.6) is 11.5 Å². The van der Waals surface area contributed by atoms with Crippen molar-refractivity contribution in [1.29, 1.82) is 0 Å². The van der Waals surface area contributed by atoms with Gasteiger partial charge in [0.25, 0.3) is 0 Å². The lowest BCUT2D eigenvalue weighted by Gasteiger charge is -2.30. The number of hydrogen-bond acceptors (Lipinski definition) is 6. The maximum atomic E-state index is 13.4. The molecule has 198 valence electrons. The summed E-state index contributed by atoms with van der Waals surface area (Å²) in [5.74, 6) is 0.914. The average molecular weight is 528 g/mol. The fourth-order valence-corrected chi connectivity index (χ4v) is 6.80. The third kappa shape index (κ3) is 4.92. The summed E-state index contributed by atoms with van der Waals surface area (Å²) in [7, 11) is -0.623. The van der Waals surface area contributed by atoms with E-state index >= 15 is 0 Å². The Balaban J connectivity index is 1.24. The molecule has 3 aliphatic rings. The van der Waals surface area contributed by atoms with Gasteiger partial charge in [-0.3, -0.25) is 9.59 Å². The number of anilines is 2. The normalized spacial score (nSPS) is 20.4. The zero-order valence-corrected chi connectivity index (χ0v) is 22.2. The van der Waals surface area contributed by atoms with E-state index in [1.165, 1.54) is 11.4 Å². The Morgan fingerprint density at radius 2 is 1.68 bits per heavy atom. The Hall–Kier alpha value is -3.11. The van der Waals surface area contributed by atoms with Gasteiger partial charge < -0.3 is 19.7 Å². The Morgan fingerprint density at radius 3 is 2.32 bits per heavy atom. The molecule has 2 fully saturated rings. The van der Waals surface area contributed by atoms with Crippen LogP contribution in [-0.2, 0) is 26.0 Å². The number of rotatable bonds is 7. The summed E-state index contributed by atoms with van der Waals surface area (Å²) < 4.78 is 38.9. The number of benzene rings is 2.